The number of nitrogens with zero attached hydrogens (tertiary/aromatic N) is 1. The Morgan fingerprint density at radius 2 is 2.11 bits per heavy atom. The maximum atomic E-state index is 12.0. The molecule has 1 aromatic carbocycles. The smallest absolute Gasteiger partial charge is 0.179 e. The molecule has 0 saturated carbocycles. The quantitative estimate of drug-likeness (QED) is 0.652. The van der Waals surface area contributed by atoms with Gasteiger partial charge in [-0.25, -0.2) is 0 Å². The van der Waals surface area contributed by atoms with Gasteiger partial charge in [0.25, 0.3) is 0 Å². The Hall–Kier alpha value is -1.87. The topological polar surface area (TPSA) is 22.0 Å². The average molecular weight is 267 g/mol. The summed E-state index contributed by atoms with van der Waals surface area (Å²) in [5, 5.41) is 3.33. The second-order valence-electron chi connectivity index (χ2n) is 5.02. The van der Waals surface area contributed by atoms with E-state index in [4.69, 9.17) is 0 Å². The molecule has 0 unspecified atom stereocenters. The summed E-state index contributed by atoms with van der Waals surface area (Å²) in [5.74, 6) is 0.284. The van der Waals surface area contributed by atoms with Crippen molar-refractivity contribution in [1.29, 1.82) is 0 Å². The van der Waals surface area contributed by atoms with Crippen molar-refractivity contribution in [3.63, 3.8) is 0 Å². The van der Waals surface area contributed by atoms with E-state index in [0.29, 0.717) is 6.42 Å². The highest BCUT2D eigenvalue weighted by Crippen LogP contribution is 2.35. The van der Waals surface area contributed by atoms with Crippen LogP contribution < -0.4 is 0 Å². The number of thiophene rings is 1. The Morgan fingerprint density at radius 1 is 1.21 bits per heavy atom. The molecule has 0 bridgehead atoms. The number of Topliss-reactive ketones (excluding diaryl/α,β-unsaturated/α-hetero) is 1. The Kier molecular flexibility index (Phi) is 2.21. The number of aryl methyl sites for hydroxylation is 2. The molecule has 0 amide bonds. The fourth-order valence-electron chi connectivity index (χ4n) is 3.08. The summed E-state index contributed by atoms with van der Waals surface area (Å²) in [4.78, 5) is 13.2. The van der Waals surface area contributed by atoms with Crippen molar-refractivity contribution >= 4 is 28.0 Å². The van der Waals surface area contributed by atoms with Gasteiger partial charge in [-0.05, 0) is 35.1 Å². The van der Waals surface area contributed by atoms with E-state index in [9.17, 15) is 4.79 Å². The molecule has 0 saturated heterocycles. The van der Waals surface area contributed by atoms with E-state index in [1.807, 2.05) is 7.05 Å². The van der Waals surface area contributed by atoms with E-state index < -0.39 is 0 Å². The minimum atomic E-state index is 0.284. The fourth-order valence-corrected chi connectivity index (χ4v) is 3.80. The molecule has 1 aliphatic rings. The van der Waals surface area contributed by atoms with Gasteiger partial charge in [-0.2, -0.15) is 0 Å². The van der Waals surface area contributed by atoms with Crippen LogP contribution in [-0.4, -0.2) is 10.4 Å². The van der Waals surface area contributed by atoms with Crippen molar-refractivity contribution in [3.8, 4) is 10.4 Å². The molecule has 0 spiro atoms. The summed E-state index contributed by atoms with van der Waals surface area (Å²) in [5.41, 5.74) is 4.55. The van der Waals surface area contributed by atoms with E-state index in [0.717, 1.165) is 12.1 Å². The number of carbonyl (C=O) groups is 1. The lowest BCUT2D eigenvalue weighted by Gasteiger charge is -2.03. The van der Waals surface area contributed by atoms with Crippen molar-refractivity contribution in [2.75, 3.05) is 0 Å². The van der Waals surface area contributed by atoms with Crippen LogP contribution in [0.5, 0.6) is 0 Å². The number of carbonyl (C=O) groups excluding carboxylic acids is 1. The first-order valence-corrected chi connectivity index (χ1v) is 7.32. The molecule has 4 rings (SSSR count). The minimum Gasteiger partial charge on any atom is -0.341 e. The van der Waals surface area contributed by atoms with Gasteiger partial charge in [0, 0.05) is 29.2 Å². The molecule has 3 aromatic rings. The van der Waals surface area contributed by atoms with Crippen molar-refractivity contribution < 1.29 is 4.79 Å². The molecule has 94 valence electrons. The van der Waals surface area contributed by atoms with Gasteiger partial charge in [-0.1, -0.05) is 18.2 Å². The van der Waals surface area contributed by atoms with Crippen molar-refractivity contribution in [2.24, 2.45) is 7.05 Å². The van der Waals surface area contributed by atoms with E-state index in [-0.39, 0.29) is 5.78 Å². The second kappa shape index (κ2) is 3.81. The summed E-state index contributed by atoms with van der Waals surface area (Å²) in [6, 6.07) is 10.7. The Labute approximate surface area is 115 Å². The van der Waals surface area contributed by atoms with Crippen LogP contribution in [0.2, 0.25) is 0 Å². The second-order valence-corrected chi connectivity index (χ2v) is 5.97. The number of hydrogen-bond acceptors (Lipinski definition) is 2. The SMILES string of the molecule is Cn1c2c(c3ccc(-c4cccs4)cc31)CCC2=O. The highest BCUT2D eigenvalue weighted by molar-refractivity contribution is 7.13. The average Bonchev–Trinajstić information content (AvgIpc) is 3.10. The molecule has 2 aromatic heterocycles. The van der Waals surface area contributed by atoms with Crippen molar-refractivity contribution in [2.45, 2.75) is 12.8 Å². The standard InChI is InChI=1S/C16H13NOS/c1-17-13-9-10(15-3-2-8-19-15)4-5-11(13)12-6-7-14(18)16(12)17/h2-5,8-9H,6-7H2,1H3. The maximum Gasteiger partial charge on any atom is 0.179 e. The van der Waals surface area contributed by atoms with Gasteiger partial charge in [0.15, 0.2) is 5.78 Å². The third-order valence-corrected chi connectivity index (χ3v) is 4.90. The number of hydrogen-bond donors (Lipinski definition) is 0. The minimum absolute atomic E-state index is 0.284. The molecular weight excluding hydrogens is 254 g/mol. The summed E-state index contributed by atoms with van der Waals surface area (Å²) in [6.45, 7) is 0. The number of benzene rings is 1. The van der Waals surface area contributed by atoms with Gasteiger partial charge < -0.3 is 4.57 Å². The number of rotatable bonds is 1. The van der Waals surface area contributed by atoms with E-state index in [2.05, 4.69) is 40.3 Å². The molecular formula is C16H13NOS. The summed E-state index contributed by atoms with van der Waals surface area (Å²) < 4.78 is 2.07. The van der Waals surface area contributed by atoms with Gasteiger partial charge in [-0.3, -0.25) is 4.79 Å². The largest absolute Gasteiger partial charge is 0.341 e. The maximum absolute atomic E-state index is 12.0. The van der Waals surface area contributed by atoms with Gasteiger partial charge in [0.1, 0.15) is 0 Å². The highest BCUT2D eigenvalue weighted by atomic mass is 32.1. The summed E-state index contributed by atoms with van der Waals surface area (Å²) in [7, 11) is 2.00. The third-order valence-electron chi connectivity index (χ3n) is 3.98. The predicted octanol–water partition coefficient (Wildman–Crippen LogP) is 4.04. The Balaban J connectivity index is 2.01. The molecule has 19 heavy (non-hydrogen) atoms. The fraction of sp³-hybridized carbons (Fsp3) is 0.188. The van der Waals surface area contributed by atoms with Crippen LogP contribution in [0.25, 0.3) is 21.3 Å². The first-order valence-electron chi connectivity index (χ1n) is 6.44. The summed E-state index contributed by atoms with van der Waals surface area (Å²) >= 11 is 1.75. The predicted molar refractivity (Wildman–Crippen MR) is 78.9 cm³/mol. The zero-order valence-corrected chi connectivity index (χ0v) is 11.5. The molecule has 2 heterocycles. The van der Waals surface area contributed by atoms with Crippen LogP contribution in [0, 0.1) is 0 Å². The first kappa shape index (κ1) is 11.0. The molecule has 3 heteroatoms. The molecule has 2 nitrogen and oxygen atoms in total. The first-order chi connectivity index (χ1) is 9.25. The summed E-state index contributed by atoms with van der Waals surface area (Å²) in [6.07, 6.45) is 1.56. The molecule has 0 fully saturated rings. The van der Waals surface area contributed by atoms with Crippen molar-refractivity contribution in [3.05, 3.63) is 47.0 Å². The normalized spacial score (nSPS) is 14.3. The number of ketones is 1. The molecule has 0 N–H and O–H groups in total. The van der Waals surface area contributed by atoms with Crippen LogP contribution in [0.15, 0.2) is 35.7 Å². The van der Waals surface area contributed by atoms with Gasteiger partial charge in [-0.15, -0.1) is 11.3 Å². The molecule has 0 atom stereocenters. The van der Waals surface area contributed by atoms with E-state index >= 15 is 0 Å². The van der Waals surface area contributed by atoms with Crippen LogP contribution in [0.4, 0.5) is 0 Å². The van der Waals surface area contributed by atoms with Gasteiger partial charge in [0.2, 0.25) is 0 Å². The lowest BCUT2D eigenvalue weighted by Crippen LogP contribution is -2.01. The van der Waals surface area contributed by atoms with Crippen molar-refractivity contribution in [1.82, 2.24) is 4.57 Å². The zero-order chi connectivity index (χ0) is 13.0. The lowest BCUT2D eigenvalue weighted by atomic mass is 10.1. The van der Waals surface area contributed by atoms with Crippen LogP contribution in [0.1, 0.15) is 22.5 Å². The molecule has 1 aliphatic carbocycles. The third kappa shape index (κ3) is 1.45. The van der Waals surface area contributed by atoms with E-state index in [1.54, 1.807) is 11.3 Å². The van der Waals surface area contributed by atoms with Crippen LogP contribution in [-0.2, 0) is 13.5 Å². The van der Waals surface area contributed by atoms with Crippen LogP contribution >= 0.6 is 11.3 Å². The molecule has 0 aliphatic heterocycles. The van der Waals surface area contributed by atoms with Gasteiger partial charge in [0.05, 0.1) is 5.69 Å². The monoisotopic (exact) mass is 267 g/mol. The number of aromatic nitrogens is 1. The van der Waals surface area contributed by atoms with Crippen LogP contribution in [0.3, 0.4) is 0 Å². The van der Waals surface area contributed by atoms with E-state index in [1.165, 1.54) is 26.9 Å². The Bertz CT molecular complexity index is 796. The Morgan fingerprint density at radius 3 is 2.89 bits per heavy atom. The molecule has 0 radical (unpaired) electrons. The van der Waals surface area contributed by atoms with Gasteiger partial charge >= 0.3 is 0 Å². The highest BCUT2D eigenvalue weighted by Gasteiger charge is 2.26. The lowest BCUT2D eigenvalue weighted by molar-refractivity contribution is 0.0987. The zero-order valence-electron chi connectivity index (χ0n) is 10.6. The number of fused-ring (bicyclic) bond motifs is 3.